The first-order chi connectivity index (χ1) is 19.4. The van der Waals surface area contributed by atoms with Gasteiger partial charge in [-0.3, -0.25) is 19.3 Å². The number of phenols is 1. The van der Waals surface area contributed by atoms with Gasteiger partial charge in [-0.1, -0.05) is 31.9 Å². The van der Waals surface area contributed by atoms with Gasteiger partial charge in [0.25, 0.3) is 5.91 Å². The Hall–Kier alpha value is -3.89. The van der Waals surface area contributed by atoms with Crippen LogP contribution in [0.15, 0.2) is 35.1 Å². The SMILES string of the molecule is CCCCCc1ccc2c(OC)c3c(c(O)c2c1)C(O)=C1C(=O)[C@]2(O)C(O)=C(C(N)=O)C(=O)[C@@H](N(C)C)[C@@H]2C[C@@H]1C3. The Balaban J connectivity index is 1.73. The molecule has 10 nitrogen and oxygen atoms in total. The number of likely N-dealkylation sites (N-methyl/N-ethyl adjacent to an activating group) is 1. The van der Waals surface area contributed by atoms with Crippen LogP contribution in [0.1, 0.15) is 49.3 Å². The Morgan fingerprint density at radius 1 is 1.15 bits per heavy atom. The van der Waals surface area contributed by atoms with E-state index in [1.165, 1.54) is 12.0 Å². The molecular weight excluding hydrogens is 528 g/mol. The van der Waals surface area contributed by atoms with Crippen LogP contribution in [0.3, 0.4) is 0 Å². The van der Waals surface area contributed by atoms with E-state index in [2.05, 4.69) is 6.92 Å². The number of unbranched alkanes of at least 4 members (excludes halogenated alkanes) is 2. The van der Waals surface area contributed by atoms with E-state index in [1.54, 1.807) is 14.1 Å². The lowest BCUT2D eigenvalue weighted by molar-refractivity contribution is -0.153. The lowest BCUT2D eigenvalue weighted by Crippen LogP contribution is -2.65. The maximum atomic E-state index is 14.1. The van der Waals surface area contributed by atoms with E-state index in [0.717, 1.165) is 31.2 Å². The number of hydrogen-bond donors (Lipinski definition) is 5. The van der Waals surface area contributed by atoms with Gasteiger partial charge in [-0.25, -0.2) is 0 Å². The number of Topliss-reactive ketones (excluding diaryl/α,β-unsaturated/α-hetero) is 2. The molecule has 4 atom stereocenters. The molecule has 1 amide bonds. The molecule has 0 radical (unpaired) electrons. The number of rotatable bonds is 7. The van der Waals surface area contributed by atoms with Gasteiger partial charge in [0.1, 0.15) is 28.6 Å². The molecule has 5 rings (SSSR count). The number of nitrogens with zero attached hydrogens (tertiary/aromatic N) is 1. The number of primary amides is 1. The summed E-state index contributed by atoms with van der Waals surface area (Å²) in [6.45, 7) is 2.12. The van der Waals surface area contributed by atoms with Gasteiger partial charge in [0.05, 0.1) is 18.7 Å². The van der Waals surface area contributed by atoms with Crippen molar-refractivity contribution in [2.75, 3.05) is 21.2 Å². The molecule has 218 valence electrons. The topological polar surface area (TPSA) is 171 Å². The van der Waals surface area contributed by atoms with E-state index in [1.807, 2.05) is 18.2 Å². The number of aryl methyl sites for hydroxylation is 1. The maximum absolute atomic E-state index is 14.1. The number of benzene rings is 2. The second-order valence-corrected chi connectivity index (χ2v) is 11.5. The average molecular weight is 565 g/mol. The Bertz CT molecular complexity index is 1560. The van der Waals surface area contributed by atoms with E-state index in [0.29, 0.717) is 22.1 Å². The highest BCUT2D eigenvalue weighted by Gasteiger charge is 2.64. The second-order valence-electron chi connectivity index (χ2n) is 11.5. The first kappa shape index (κ1) is 28.6. The van der Waals surface area contributed by atoms with Crippen molar-refractivity contribution in [2.45, 2.75) is 57.1 Å². The van der Waals surface area contributed by atoms with Gasteiger partial charge >= 0.3 is 0 Å². The standard InChI is InChI=1S/C31H36N2O8/c1-5-6-7-8-14-9-10-16-17(11-14)24(34)21-18(27(16)41-4)12-15-13-19-23(33(2)3)26(36)22(30(32)39)29(38)31(19,40)28(37)20(15)25(21)35/h9-11,15,19,23,34-35,38,40H,5-8,12-13H2,1-4H3,(H2,32,39)/t15-,19-,23-,31-/m0/s1. The predicted octanol–water partition coefficient (Wildman–Crippen LogP) is 2.86. The van der Waals surface area contributed by atoms with Crippen LogP contribution in [0.4, 0.5) is 0 Å². The third kappa shape index (κ3) is 4.03. The first-order valence-electron chi connectivity index (χ1n) is 13.9. The van der Waals surface area contributed by atoms with Gasteiger partial charge in [0, 0.05) is 27.8 Å². The number of carbonyl (C=O) groups excluding carboxylic acids is 3. The number of aliphatic hydroxyl groups excluding tert-OH is 2. The highest BCUT2D eigenvalue weighted by Crippen LogP contribution is 2.55. The Morgan fingerprint density at radius 3 is 2.46 bits per heavy atom. The quantitative estimate of drug-likeness (QED) is 0.251. The molecular formula is C31H36N2O8. The van der Waals surface area contributed by atoms with Crippen molar-refractivity contribution in [3.8, 4) is 11.5 Å². The lowest BCUT2D eigenvalue weighted by Gasteiger charge is -2.50. The molecule has 41 heavy (non-hydrogen) atoms. The number of ether oxygens (including phenoxy) is 1. The molecule has 1 saturated carbocycles. The molecule has 2 aromatic carbocycles. The fourth-order valence-electron chi connectivity index (χ4n) is 7.09. The van der Waals surface area contributed by atoms with Crippen LogP contribution in [0.2, 0.25) is 0 Å². The van der Waals surface area contributed by atoms with Crippen LogP contribution in [0, 0.1) is 11.8 Å². The molecule has 1 fully saturated rings. The minimum absolute atomic E-state index is 0.0179. The maximum Gasteiger partial charge on any atom is 0.255 e. The molecule has 0 spiro atoms. The first-order valence-corrected chi connectivity index (χ1v) is 13.9. The smallest absolute Gasteiger partial charge is 0.255 e. The van der Waals surface area contributed by atoms with E-state index in [4.69, 9.17) is 10.5 Å². The summed E-state index contributed by atoms with van der Waals surface area (Å²) in [5.74, 6) is -6.30. The number of carbonyl (C=O) groups is 3. The van der Waals surface area contributed by atoms with Crippen molar-refractivity contribution in [1.29, 1.82) is 0 Å². The molecule has 0 aromatic heterocycles. The molecule has 0 aliphatic heterocycles. The number of fused-ring (bicyclic) bond motifs is 4. The van der Waals surface area contributed by atoms with Gasteiger partial charge in [-0.2, -0.15) is 0 Å². The van der Waals surface area contributed by atoms with Crippen LogP contribution >= 0.6 is 0 Å². The van der Waals surface area contributed by atoms with Gasteiger partial charge in [0.2, 0.25) is 5.78 Å². The van der Waals surface area contributed by atoms with E-state index >= 15 is 0 Å². The summed E-state index contributed by atoms with van der Waals surface area (Å²) in [5, 5.41) is 47.0. The number of hydrogen-bond acceptors (Lipinski definition) is 9. The van der Waals surface area contributed by atoms with Crippen LogP contribution in [0.5, 0.6) is 11.5 Å². The summed E-state index contributed by atoms with van der Waals surface area (Å²) in [4.78, 5) is 41.0. The molecule has 0 unspecified atom stereocenters. The minimum atomic E-state index is -2.67. The largest absolute Gasteiger partial charge is 0.508 e. The van der Waals surface area contributed by atoms with Crippen molar-refractivity contribution in [3.63, 3.8) is 0 Å². The molecule has 10 heteroatoms. The highest BCUT2D eigenvalue weighted by atomic mass is 16.5. The third-order valence-corrected chi connectivity index (χ3v) is 8.98. The number of aliphatic hydroxyl groups is 3. The number of amides is 1. The number of ketones is 2. The minimum Gasteiger partial charge on any atom is -0.508 e. The average Bonchev–Trinajstić information content (AvgIpc) is 2.91. The zero-order valence-electron chi connectivity index (χ0n) is 23.7. The van der Waals surface area contributed by atoms with E-state index < -0.39 is 58.0 Å². The molecule has 0 heterocycles. The normalized spacial score (nSPS) is 25.9. The fraction of sp³-hybridized carbons (Fsp3) is 0.452. The van der Waals surface area contributed by atoms with Crippen molar-refractivity contribution < 1.29 is 39.5 Å². The molecule has 0 bridgehead atoms. The van der Waals surface area contributed by atoms with E-state index in [9.17, 15) is 34.8 Å². The Labute approximate surface area is 237 Å². The van der Waals surface area contributed by atoms with Crippen LogP contribution in [0.25, 0.3) is 16.5 Å². The van der Waals surface area contributed by atoms with Crippen LogP contribution in [-0.4, -0.2) is 75.6 Å². The number of phenolic OH excluding ortho intramolecular Hbond substituents is 1. The Kier molecular flexibility index (Phi) is 7.11. The number of aromatic hydroxyl groups is 1. The van der Waals surface area contributed by atoms with Crippen molar-refractivity contribution >= 4 is 34.0 Å². The van der Waals surface area contributed by atoms with Crippen LogP contribution in [-0.2, 0) is 27.2 Å². The van der Waals surface area contributed by atoms with Gasteiger partial charge < -0.3 is 30.9 Å². The zero-order valence-corrected chi connectivity index (χ0v) is 23.7. The predicted molar refractivity (Wildman–Crippen MR) is 152 cm³/mol. The molecule has 2 aromatic rings. The molecule has 3 aliphatic carbocycles. The van der Waals surface area contributed by atoms with Gasteiger partial charge in [-0.05, 0) is 57.3 Å². The van der Waals surface area contributed by atoms with Crippen molar-refractivity contribution in [2.24, 2.45) is 17.6 Å². The number of nitrogens with two attached hydrogens (primary N) is 1. The Morgan fingerprint density at radius 2 is 1.85 bits per heavy atom. The van der Waals surface area contributed by atoms with Gasteiger partial charge in [-0.15, -0.1) is 0 Å². The van der Waals surface area contributed by atoms with Crippen molar-refractivity contribution in [1.82, 2.24) is 4.90 Å². The lowest BCUT2D eigenvalue weighted by atomic mass is 9.57. The molecule has 6 N–H and O–H groups in total. The summed E-state index contributed by atoms with van der Waals surface area (Å²) < 4.78 is 5.79. The monoisotopic (exact) mass is 564 g/mol. The highest BCUT2D eigenvalue weighted by molar-refractivity contribution is 6.24. The molecule has 0 saturated heterocycles. The number of methoxy groups -OCH3 is 1. The fourth-order valence-corrected chi connectivity index (χ4v) is 7.09. The summed E-state index contributed by atoms with van der Waals surface area (Å²) >= 11 is 0. The third-order valence-electron chi connectivity index (χ3n) is 8.98. The summed E-state index contributed by atoms with van der Waals surface area (Å²) in [6, 6.07) is 4.58. The second kappa shape index (κ2) is 10.2. The summed E-state index contributed by atoms with van der Waals surface area (Å²) in [5.41, 5.74) is 3.22. The van der Waals surface area contributed by atoms with Gasteiger partial charge in [0.15, 0.2) is 11.4 Å². The summed E-state index contributed by atoms with van der Waals surface area (Å²) in [7, 11) is 4.63. The molecule has 3 aliphatic rings. The van der Waals surface area contributed by atoms with Crippen molar-refractivity contribution in [3.05, 3.63) is 51.8 Å². The summed E-state index contributed by atoms with van der Waals surface area (Å²) in [6.07, 6.45) is 4.11. The zero-order chi connectivity index (χ0) is 30.0. The van der Waals surface area contributed by atoms with Crippen LogP contribution < -0.4 is 10.5 Å². The van der Waals surface area contributed by atoms with E-state index in [-0.39, 0.29) is 29.7 Å².